The lowest BCUT2D eigenvalue weighted by atomic mass is 9.43. The highest BCUT2D eigenvalue weighted by Gasteiger charge is 2.61. The second-order valence-corrected chi connectivity index (χ2v) is 15.1. The monoisotopic (exact) mass is 624 g/mol. The molecule has 0 radical (unpaired) electrons. The highest BCUT2D eigenvalue weighted by molar-refractivity contribution is 6.21. The van der Waals surface area contributed by atoms with Gasteiger partial charge in [0, 0.05) is 5.41 Å². The molecule has 4 saturated carbocycles. The number of fused-ring (bicyclic) bond motifs is 6. The Morgan fingerprint density at radius 1 is 0.438 bits per heavy atom. The number of rotatable bonds is 2. The van der Waals surface area contributed by atoms with Gasteiger partial charge in [-0.15, -0.1) is 0 Å². The average Bonchev–Trinajstić information content (AvgIpc) is 3.37. The van der Waals surface area contributed by atoms with E-state index in [1.54, 1.807) is 6.07 Å². The highest BCUT2D eigenvalue weighted by Crippen LogP contribution is 2.69. The zero-order valence-corrected chi connectivity index (χ0v) is 26.6. The number of halogens is 2. The van der Waals surface area contributed by atoms with Crippen LogP contribution in [-0.4, -0.2) is 0 Å². The fraction of sp³-hybridized carbons (Fsp3) is 0.217. The zero-order chi connectivity index (χ0) is 31.7. The minimum Gasteiger partial charge on any atom is -0.204 e. The molecule has 4 fully saturated rings. The van der Waals surface area contributed by atoms with Gasteiger partial charge in [0.2, 0.25) is 0 Å². The molecular formula is C46H34F2. The summed E-state index contributed by atoms with van der Waals surface area (Å²) in [6, 6.07) is 43.0. The SMILES string of the molecule is Fc1cc2c(cc1F)C1(c3cc(-c4c5ccccc5c(-c5ccc6ccccc6c5)c5ccccc45)ccc3-2)C2CC3CC(C2)CC1C3. The predicted molar refractivity (Wildman–Crippen MR) is 193 cm³/mol. The van der Waals surface area contributed by atoms with E-state index in [2.05, 4.69) is 109 Å². The molecule has 1 spiro atoms. The molecular weight excluding hydrogens is 591 g/mol. The van der Waals surface area contributed by atoms with E-state index in [4.69, 9.17) is 0 Å². The summed E-state index contributed by atoms with van der Waals surface area (Å²) in [6.07, 6.45) is 6.13. The first-order valence-corrected chi connectivity index (χ1v) is 17.7. The molecule has 7 aromatic rings. The largest absolute Gasteiger partial charge is 0.204 e. The van der Waals surface area contributed by atoms with Crippen LogP contribution in [0.15, 0.2) is 121 Å². The molecule has 0 unspecified atom stereocenters. The van der Waals surface area contributed by atoms with Crippen molar-refractivity contribution in [2.24, 2.45) is 23.7 Å². The van der Waals surface area contributed by atoms with Crippen molar-refractivity contribution < 1.29 is 8.78 Å². The zero-order valence-electron chi connectivity index (χ0n) is 26.6. The summed E-state index contributed by atoms with van der Waals surface area (Å²) < 4.78 is 30.1. The summed E-state index contributed by atoms with van der Waals surface area (Å²) in [5.74, 6) is 1.03. The van der Waals surface area contributed by atoms with Gasteiger partial charge in [0.1, 0.15) is 0 Å². The highest BCUT2D eigenvalue weighted by atomic mass is 19.2. The Labute approximate surface area is 279 Å². The first-order chi connectivity index (χ1) is 23.6. The molecule has 5 aliphatic carbocycles. The molecule has 5 aliphatic rings. The molecule has 0 nitrogen and oxygen atoms in total. The Morgan fingerprint density at radius 2 is 0.938 bits per heavy atom. The molecule has 0 atom stereocenters. The first-order valence-electron chi connectivity index (χ1n) is 17.7. The third-order valence-corrected chi connectivity index (χ3v) is 12.9. The molecule has 2 heteroatoms. The Kier molecular flexibility index (Phi) is 5.45. The van der Waals surface area contributed by atoms with Crippen molar-refractivity contribution in [3.05, 3.63) is 144 Å². The van der Waals surface area contributed by atoms with Gasteiger partial charge in [-0.2, -0.15) is 0 Å². The van der Waals surface area contributed by atoms with Crippen LogP contribution in [0.3, 0.4) is 0 Å². The van der Waals surface area contributed by atoms with Crippen LogP contribution < -0.4 is 0 Å². The van der Waals surface area contributed by atoms with Crippen molar-refractivity contribution in [2.45, 2.75) is 37.5 Å². The predicted octanol–water partition coefficient (Wildman–Crippen LogP) is 12.5. The third kappa shape index (κ3) is 3.48. The first kappa shape index (κ1) is 27.2. The summed E-state index contributed by atoms with van der Waals surface area (Å²) in [5.41, 5.74) is 9.00. The third-order valence-electron chi connectivity index (χ3n) is 12.9. The standard InChI is InChI=1S/C46H34F2/c47-42-24-39-34-16-15-31(23-40(34)46(41(39)25-43(42)48)32-18-26-17-27(20-32)21-33(46)19-26)45-37-11-5-3-9-35(37)44(36-10-4-6-12-38(36)45)30-14-13-28-7-1-2-8-29(28)22-30/h1-16,22-27,32-33H,17-21H2. The van der Waals surface area contributed by atoms with Crippen LogP contribution in [0.5, 0.6) is 0 Å². The van der Waals surface area contributed by atoms with Crippen LogP contribution in [0, 0.1) is 35.3 Å². The second-order valence-electron chi connectivity index (χ2n) is 15.1. The van der Waals surface area contributed by atoms with Crippen molar-refractivity contribution in [3.8, 4) is 33.4 Å². The van der Waals surface area contributed by atoms with E-state index in [1.165, 1.54) is 98.3 Å². The minimum atomic E-state index is -0.745. The lowest BCUT2D eigenvalue weighted by Gasteiger charge is -2.61. The quantitative estimate of drug-likeness (QED) is 0.168. The van der Waals surface area contributed by atoms with Gasteiger partial charge in [-0.05, 0) is 157 Å². The smallest absolute Gasteiger partial charge is 0.159 e. The van der Waals surface area contributed by atoms with Crippen molar-refractivity contribution in [3.63, 3.8) is 0 Å². The van der Waals surface area contributed by atoms with Gasteiger partial charge in [-0.1, -0.05) is 97.1 Å². The van der Waals surface area contributed by atoms with Gasteiger partial charge < -0.3 is 0 Å². The lowest BCUT2D eigenvalue weighted by Crippen LogP contribution is -2.55. The molecule has 4 bridgehead atoms. The van der Waals surface area contributed by atoms with Crippen molar-refractivity contribution in [1.29, 1.82) is 0 Å². The number of benzene rings is 7. The van der Waals surface area contributed by atoms with E-state index in [-0.39, 0.29) is 5.41 Å². The summed E-state index contributed by atoms with van der Waals surface area (Å²) in [6.45, 7) is 0. The van der Waals surface area contributed by atoms with Crippen molar-refractivity contribution in [2.75, 3.05) is 0 Å². The molecule has 0 saturated heterocycles. The topological polar surface area (TPSA) is 0 Å². The van der Waals surface area contributed by atoms with Gasteiger partial charge in [0.05, 0.1) is 0 Å². The van der Waals surface area contributed by atoms with Crippen molar-refractivity contribution >= 4 is 32.3 Å². The molecule has 7 aromatic carbocycles. The van der Waals surface area contributed by atoms with Crippen LogP contribution in [0.4, 0.5) is 8.78 Å². The van der Waals surface area contributed by atoms with Crippen LogP contribution in [0.1, 0.15) is 43.2 Å². The lowest BCUT2D eigenvalue weighted by molar-refractivity contribution is -0.0400. The van der Waals surface area contributed by atoms with Gasteiger partial charge in [-0.25, -0.2) is 8.78 Å². The van der Waals surface area contributed by atoms with Crippen LogP contribution >= 0.6 is 0 Å². The summed E-state index contributed by atoms with van der Waals surface area (Å²) in [4.78, 5) is 0. The molecule has 0 aromatic heterocycles. The molecule has 0 heterocycles. The van der Waals surface area contributed by atoms with Gasteiger partial charge in [0.15, 0.2) is 11.6 Å². The minimum absolute atomic E-state index is 0.251. The summed E-state index contributed by atoms with van der Waals surface area (Å²) in [7, 11) is 0. The Morgan fingerprint density at radius 3 is 1.56 bits per heavy atom. The van der Waals surface area contributed by atoms with Crippen LogP contribution in [0.2, 0.25) is 0 Å². The maximum absolute atomic E-state index is 15.2. The fourth-order valence-corrected chi connectivity index (χ4v) is 11.4. The van der Waals surface area contributed by atoms with Crippen LogP contribution in [-0.2, 0) is 5.41 Å². The Bertz CT molecular complexity index is 2420. The fourth-order valence-electron chi connectivity index (χ4n) is 11.4. The van der Waals surface area contributed by atoms with E-state index in [9.17, 15) is 4.39 Å². The van der Waals surface area contributed by atoms with Crippen molar-refractivity contribution in [1.82, 2.24) is 0 Å². The molecule has 12 rings (SSSR count). The normalized spacial score (nSPS) is 25.0. The molecule has 48 heavy (non-hydrogen) atoms. The molecule has 232 valence electrons. The maximum atomic E-state index is 15.2. The summed E-state index contributed by atoms with van der Waals surface area (Å²) >= 11 is 0. The summed E-state index contributed by atoms with van der Waals surface area (Å²) in [5, 5.41) is 7.40. The van der Waals surface area contributed by atoms with E-state index in [1.807, 2.05) is 0 Å². The van der Waals surface area contributed by atoms with Gasteiger partial charge in [0.25, 0.3) is 0 Å². The van der Waals surface area contributed by atoms with E-state index < -0.39 is 11.6 Å². The van der Waals surface area contributed by atoms with Gasteiger partial charge >= 0.3 is 0 Å². The van der Waals surface area contributed by atoms with Crippen LogP contribution in [0.25, 0.3) is 65.7 Å². The second kappa shape index (κ2) is 9.63. The molecule has 0 amide bonds. The molecule has 0 aliphatic heterocycles. The Balaban J connectivity index is 1.19. The van der Waals surface area contributed by atoms with Gasteiger partial charge in [-0.3, -0.25) is 0 Å². The number of hydrogen-bond donors (Lipinski definition) is 0. The number of hydrogen-bond acceptors (Lipinski definition) is 0. The maximum Gasteiger partial charge on any atom is 0.159 e. The van der Waals surface area contributed by atoms with E-state index >= 15 is 4.39 Å². The van der Waals surface area contributed by atoms with E-state index in [0.29, 0.717) is 11.8 Å². The Hall–Kier alpha value is -4.82. The average molecular weight is 625 g/mol. The molecule has 0 N–H and O–H groups in total. The van der Waals surface area contributed by atoms with E-state index in [0.717, 1.165) is 28.5 Å².